The van der Waals surface area contributed by atoms with Gasteiger partial charge in [-0.25, -0.2) is 9.18 Å². The summed E-state index contributed by atoms with van der Waals surface area (Å²) < 4.78 is 27.0. The highest BCUT2D eigenvalue weighted by Crippen LogP contribution is 2.47. The molecule has 7 heteroatoms. The van der Waals surface area contributed by atoms with Crippen molar-refractivity contribution in [2.45, 2.75) is 65.2 Å². The number of alkyl carbamates (subject to hydrolysis) is 1. The third-order valence-corrected chi connectivity index (χ3v) is 8.00. The molecule has 2 aromatic carbocycles. The summed E-state index contributed by atoms with van der Waals surface area (Å²) in [5.74, 6) is 0.734. The van der Waals surface area contributed by atoms with Crippen LogP contribution in [0.3, 0.4) is 0 Å². The summed E-state index contributed by atoms with van der Waals surface area (Å²) in [4.78, 5) is 15.2. The van der Waals surface area contributed by atoms with Gasteiger partial charge in [-0.1, -0.05) is 25.4 Å². The van der Waals surface area contributed by atoms with Gasteiger partial charge in [0.25, 0.3) is 0 Å². The molecule has 3 aliphatic heterocycles. The Bertz CT molecular complexity index is 1130. The molecule has 3 saturated heterocycles. The lowest BCUT2D eigenvalue weighted by Gasteiger charge is -2.44. The van der Waals surface area contributed by atoms with Gasteiger partial charge in [0, 0.05) is 17.7 Å². The molecule has 188 valence electrons. The SMILES string of the molecule is CC(C)Oc1ccc(-c2cc3c(cc2F)[C@H](NC(=O)O[C@@H]2CN4CCC2CC4)C(C)(C)C3)c(Cl)c1. The molecule has 0 saturated carbocycles. The molecule has 0 spiro atoms. The van der Waals surface area contributed by atoms with E-state index in [0.717, 1.165) is 43.6 Å². The quantitative estimate of drug-likeness (QED) is 0.517. The smallest absolute Gasteiger partial charge is 0.407 e. The van der Waals surface area contributed by atoms with Gasteiger partial charge in [0.1, 0.15) is 17.7 Å². The Morgan fingerprint density at radius 2 is 1.91 bits per heavy atom. The Kier molecular flexibility index (Phi) is 6.47. The molecule has 2 atom stereocenters. The van der Waals surface area contributed by atoms with Gasteiger partial charge >= 0.3 is 6.09 Å². The van der Waals surface area contributed by atoms with Crippen LogP contribution in [-0.2, 0) is 11.2 Å². The average molecular weight is 501 g/mol. The number of amides is 1. The molecule has 0 aromatic heterocycles. The Hall–Kier alpha value is -2.31. The van der Waals surface area contributed by atoms with Gasteiger partial charge in [-0.2, -0.15) is 0 Å². The molecule has 6 rings (SSSR count). The summed E-state index contributed by atoms with van der Waals surface area (Å²) in [5.41, 5.74) is 2.62. The second kappa shape index (κ2) is 9.29. The summed E-state index contributed by atoms with van der Waals surface area (Å²) in [7, 11) is 0. The molecule has 2 bridgehead atoms. The number of benzene rings is 2. The number of rotatable bonds is 5. The lowest BCUT2D eigenvalue weighted by atomic mass is 9.85. The van der Waals surface area contributed by atoms with Crippen molar-refractivity contribution in [3.8, 4) is 16.9 Å². The van der Waals surface area contributed by atoms with Crippen molar-refractivity contribution in [2.75, 3.05) is 19.6 Å². The number of carbonyl (C=O) groups excluding carboxylic acids is 1. The van der Waals surface area contributed by atoms with E-state index in [2.05, 4.69) is 24.1 Å². The number of fused-ring (bicyclic) bond motifs is 4. The topological polar surface area (TPSA) is 50.8 Å². The van der Waals surface area contributed by atoms with Gasteiger partial charge in [0.2, 0.25) is 0 Å². The highest BCUT2D eigenvalue weighted by Gasteiger charge is 2.42. The van der Waals surface area contributed by atoms with E-state index >= 15 is 4.39 Å². The Labute approximate surface area is 211 Å². The van der Waals surface area contributed by atoms with Crippen LogP contribution in [0.1, 0.15) is 57.7 Å². The van der Waals surface area contributed by atoms with Crippen LogP contribution in [0.4, 0.5) is 9.18 Å². The molecule has 35 heavy (non-hydrogen) atoms. The standard InChI is InChI=1S/C28H34ClFN2O3/c1-16(2)34-19-5-6-20(23(29)12-19)22-11-18-14-28(3,4)26(21(18)13-24(22)30)31-27(33)35-25-15-32-9-7-17(25)8-10-32/h5-6,11-13,16-17,25-26H,7-10,14-15H2,1-4H3,(H,31,33)/t25-,26+/m1/s1. The summed E-state index contributed by atoms with van der Waals surface area (Å²) in [6, 6.07) is 8.43. The van der Waals surface area contributed by atoms with Crippen molar-refractivity contribution in [3.05, 3.63) is 52.3 Å². The predicted molar refractivity (Wildman–Crippen MR) is 135 cm³/mol. The molecule has 3 fully saturated rings. The maximum atomic E-state index is 15.4. The van der Waals surface area contributed by atoms with Crippen LogP contribution in [-0.4, -0.2) is 42.8 Å². The summed E-state index contributed by atoms with van der Waals surface area (Å²) in [6.45, 7) is 11.1. The minimum atomic E-state index is -0.414. The van der Waals surface area contributed by atoms with Crippen LogP contribution < -0.4 is 10.1 Å². The van der Waals surface area contributed by atoms with E-state index in [1.807, 2.05) is 26.0 Å². The van der Waals surface area contributed by atoms with E-state index < -0.39 is 6.09 Å². The number of nitrogens with zero attached hydrogens (tertiary/aromatic N) is 1. The minimum Gasteiger partial charge on any atom is -0.491 e. The first-order valence-corrected chi connectivity index (χ1v) is 13.0. The van der Waals surface area contributed by atoms with Gasteiger partial charge in [0.15, 0.2) is 0 Å². The predicted octanol–water partition coefficient (Wildman–Crippen LogP) is 6.38. The number of ether oxygens (including phenoxy) is 2. The fourth-order valence-electron chi connectivity index (χ4n) is 5.94. The monoisotopic (exact) mass is 500 g/mol. The van der Waals surface area contributed by atoms with Crippen LogP contribution in [0, 0.1) is 17.2 Å². The first-order valence-electron chi connectivity index (χ1n) is 12.6. The fraction of sp³-hybridized carbons (Fsp3) is 0.536. The highest BCUT2D eigenvalue weighted by molar-refractivity contribution is 6.33. The summed E-state index contributed by atoms with van der Waals surface area (Å²) >= 11 is 6.52. The summed E-state index contributed by atoms with van der Waals surface area (Å²) in [5, 5.41) is 3.51. The average Bonchev–Trinajstić information content (AvgIpc) is 3.03. The van der Waals surface area contributed by atoms with Gasteiger partial charge in [-0.3, -0.25) is 4.90 Å². The highest BCUT2D eigenvalue weighted by atomic mass is 35.5. The van der Waals surface area contributed by atoms with Crippen LogP contribution in [0.15, 0.2) is 30.3 Å². The lowest BCUT2D eigenvalue weighted by Crippen LogP contribution is -2.53. The molecular formula is C28H34ClFN2O3. The van der Waals surface area contributed by atoms with Crippen molar-refractivity contribution in [1.29, 1.82) is 0 Å². The second-order valence-corrected chi connectivity index (χ2v) is 11.6. The molecular weight excluding hydrogens is 467 g/mol. The molecule has 1 amide bonds. The van der Waals surface area contributed by atoms with Crippen molar-refractivity contribution < 1.29 is 18.7 Å². The largest absolute Gasteiger partial charge is 0.491 e. The lowest BCUT2D eigenvalue weighted by molar-refractivity contribution is -0.0349. The van der Waals surface area contributed by atoms with E-state index in [1.165, 1.54) is 0 Å². The third kappa shape index (κ3) is 4.88. The summed E-state index contributed by atoms with van der Waals surface area (Å²) in [6.07, 6.45) is 2.42. The normalized spacial score (nSPS) is 26.5. The molecule has 1 aliphatic carbocycles. The molecule has 0 radical (unpaired) electrons. The first-order chi connectivity index (χ1) is 16.6. The van der Waals surface area contributed by atoms with Crippen molar-refractivity contribution >= 4 is 17.7 Å². The molecule has 2 aromatic rings. The van der Waals surface area contributed by atoms with E-state index in [-0.39, 0.29) is 29.5 Å². The number of nitrogens with one attached hydrogen (secondary N) is 1. The van der Waals surface area contributed by atoms with Gasteiger partial charge in [-0.05, 0) is 99.0 Å². The van der Waals surface area contributed by atoms with Crippen LogP contribution >= 0.6 is 11.6 Å². The molecule has 0 unspecified atom stereocenters. The zero-order valence-corrected chi connectivity index (χ0v) is 21.6. The molecule has 5 nitrogen and oxygen atoms in total. The zero-order chi connectivity index (χ0) is 24.9. The van der Waals surface area contributed by atoms with Crippen molar-refractivity contribution in [2.24, 2.45) is 11.3 Å². The number of hydrogen-bond donors (Lipinski definition) is 1. The second-order valence-electron chi connectivity index (χ2n) is 11.2. The number of hydrogen-bond acceptors (Lipinski definition) is 4. The van der Waals surface area contributed by atoms with Crippen molar-refractivity contribution in [3.63, 3.8) is 0 Å². The van der Waals surface area contributed by atoms with E-state index in [9.17, 15) is 4.79 Å². The number of piperidine rings is 3. The fourth-order valence-corrected chi connectivity index (χ4v) is 6.21. The van der Waals surface area contributed by atoms with E-state index in [4.69, 9.17) is 21.1 Å². The first kappa shape index (κ1) is 24.4. The van der Waals surface area contributed by atoms with Gasteiger partial charge < -0.3 is 14.8 Å². The Morgan fingerprint density at radius 3 is 2.54 bits per heavy atom. The Balaban J connectivity index is 1.36. The minimum absolute atomic E-state index is 0.0257. The molecule has 4 aliphatic rings. The van der Waals surface area contributed by atoms with Crippen LogP contribution in [0.25, 0.3) is 11.1 Å². The number of carbonyl (C=O) groups is 1. The van der Waals surface area contributed by atoms with E-state index in [1.54, 1.807) is 18.2 Å². The van der Waals surface area contributed by atoms with Crippen LogP contribution in [0.5, 0.6) is 5.75 Å². The van der Waals surface area contributed by atoms with Gasteiger partial charge in [0.05, 0.1) is 17.2 Å². The zero-order valence-electron chi connectivity index (χ0n) is 20.9. The Morgan fingerprint density at radius 1 is 1.17 bits per heavy atom. The van der Waals surface area contributed by atoms with Gasteiger partial charge in [-0.15, -0.1) is 0 Å². The van der Waals surface area contributed by atoms with Crippen LogP contribution in [0.2, 0.25) is 5.02 Å². The molecule has 1 N–H and O–H groups in total. The molecule has 3 heterocycles. The number of halogens is 2. The third-order valence-electron chi connectivity index (χ3n) is 7.69. The maximum absolute atomic E-state index is 15.4. The van der Waals surface area contributed by atoms with E-state index in [0.29, 0.717) is 34.2 Å². The maximum Gasteiger partial charge on any atom is 0.407 e. The van der Waals surface area contributed by atoms with Crippen molar-refractivity contribution in [1.82, 2.24) is 10.2 Å².